The molecule has 1 N–H and O–H groups in total. The highest BCUT2D eigenvalue weighted by molar-refractivity contribution is 6.12. The van der Waals surface area contributed by atoms with Gasteiger partial charge in [-0.15, -0.1) is 0 Å². The highest BCUT2D eigenvalue weighted by atomic mass is 16.5. The summed E-state index contributed by atoms with van der Waals surface area (Å²) in [5, 5.41) is 10.1. The quantitative estimate of drug-likeness (QED) is 0.700. The van der Waals surface area contributed by atoms with Crippen LogP contribution in [0.15, 0.2) is 60.7 Å². The van der Waals surface area contributed by atoms with Gasteiger partial charge in [0.2, 0.25) is 0 Å². The van der Waals surface area contributed by atoms with E-state index in [1.807, 2.05) is 60.7 Å². The van der Waals surface area contributed by atoms with Crippen LogP contribution in [0, 0.1) is 0 Å². The second kappa shape index (κ2) is 7.29. The van der Waals surface area contributed by atoms with Gasteiger partial charge in [-0.25, -0.2) is 9.59 Å². The summed E-state index contributed by atoms with van der Waals surface area (Å²) >= 11 is 0. The lowest BCUT2D eigenvalue weighted by Crippen LogP contribution is -2.14. The molecule has 0 aromatic heterocycles. The summed E-state index contributed by atoms with van der Waals surface area (Å²) in [7, 11) is 1.30. The molecule has 0 saturated heterocycles. The zero-order valence-corrected chi connectivity index (χ0v) is 15.3. The highest BCUT2D eigenvalue weighted by Gasteiger charge is 2.35. The zero-order chi connectivity index (χ0) is 19.7. The number of benzene rings is 3. The van der Waals surface area contributed by atoms with Crippen molar-refractivity contribution in [3.8, 4) is 22.3 Å². The normalized spacial score (nSPS) is 12.4. The van der Waals surface area contributed by atoms with Crippen molar-refractivity contribution in [3.05, 3.63) is 82.9 Å². The zero-order valence-electron chi connectivity index (χ0n) is 15.3. The third-order valence-corrected chi connectivity index (χ3v) is 4.94. The number of ether oxygens (including phenoxy) is 2. The smallest absolute Gasteiger partial charge is 0.339 e. The Balaban J connectivity index is 2.22. The summed E-state index contributed by atoms with van der Waals surface area (Å²) in [5.41, 5.74) is 4.25. The fourth-order valence-electron chi connectivity index (χ4n) is 3.74. The molecule has 1 aliphatic rings. The standard InChI is InChI=1S/C23H18O5/c1-27-22(25)20-16(12-24)17-13-28-23(26)21(17)19(15-10-6-3-7-11-15)18(20)14-8-4-2-5-9-14/h2-11,24H,12-13H2,1H3. The first kappa shape index (κ1) is 17.9. The number of hydrogen-bond donors (Lipinski definition) is 1. The Labute approximate surface area is 162 Å². The van der Waals surface area contributed by atoms with Crippen molar-refractivity contribution in [1.82, 2.24) is 0 Å². The van der Waals surface area contributed by atoms with E-state index in [1.165, 1.54) is 7.11 Å². The van der Waals surface area contributed by atoms with E-state index in [9.17, 15) is 14.7 Å². The Morgan fingerprint density at radius 2 is 1.54 bits per heavy atom. The van der Waals surface area contributed by atoms with Gasteiger partial charge in [0.05, 0.1) is 24.8 Å². The number of methoxy groups -OCH3 is 1. The van der Waals surface area contributed by atoms with Crippen LogP contribution < -0.4 is 0 Å². The lowest BCUT2D eigenvalue weighted by atomic mass is 9.82. The summed E-state index contributed by atoms with van der Waals surface area (Å²) in [6, 6.07) is 18.7. The molecule has 3 aromatic carbocycles. The van der Waals surface area contributed by atoms with Gasteiger partial charge in [0, 0.05) is 22.3 Å². The van der Waals surface area contributed by atoms with Crippen LogP contribution in [-0.2, 0) is 22.7 Å². The van der Waals surface area contributed by atoms with Gasteiger partial charge < -0.3 is 14.6 Å². The number of aliphatic hydroxyl groups is 1. The van der Waals surface area contributed by atoms with E-state index in [0.29, 0.717) is 27.8 Å². The number of fused-ring (bicyclic) bond motifs is 1. The van der Waals surface area contributed by atoms with Gasteiger partial charge in [-0.1, -0.05) is 60.7 Å². The summed E-state index contributed by atoms with van der Waals surface area (Å²) in [5.74, 6) is -1.03. The molecule has 28 heavy (non-hydrogen) atoms. The van der Waals surface area contributed by atoms with Crippen molar-refractivity contribution in [3.63, 3.8) is 0 Å². The van der Waals surface area contributed by atoms with Gasteiger partial charge in [0.25, 0.3) is 0 Å². The molecule has 3 aromatic rings. The average Bonchev–Trinajstić information content (AvgIpc) is 3.14. The maximum Gasteiger partial charge on any atom is 0.339 e. The molecule has 140 valence electrons. The minimum absolute atomic E-state index is 0.0168. The molecule has 0 spiro atoms. The molecule has 1 heterocycles. The summed E-state index contributed by atoms with van der Waals surface area (Å²) < 4.78 is 10.3. The van der Waals surface area contributed by atoms with Crippen LogP contribution in [0.5, 0.6) is 0 Å². The van der Waals surface area contributed by atoms with Crippen molar-refractivity contribution >= 4 is 11.9 Å². The molecule has 5 nitrogen and oxygen atoms in total. The lowest BCUT2D eigenvalue weighted by Gasteiger charge is -2.21. The molecular formula is C23H18O5. The summed E-state index contributed by atoms with van der Waals surface area (Å²) in [4.78, 5) is 25.4. The van der Waals surface area contributed by atoms with Gasteiger partial charge in [0.1, 0.15) is 6.61 Å². The largest absolute Gasteiger partial charge is 0.465 e. The van der Waals surface area contributed by atoms with E-state index in [4.69, 9.17) is 9.47 Å². The van der Waals surface area contributed by atoms with Crippen LogP contribution in [0.3, 0.4) is 0 Å². The SMILES string of the molecule is COC(=O)c1c(CO)c2c(c(-c3ccccc3)c1-c1ccccc1)C(=O)OC2. The molecular weight excluding hydrogens is 356 g/mol. The van der Waals surface area contributed by atoms with Gasteiger partial charge in [0.15, 0.2) is 0 Å². The molecule has 0 aliphatic carbocycles. The minimum atomic E-state index is -0.567. The molecule has 0 fully saturated rings. The Bertz CT molecular complexity index is 1060. The number of carbonyl (C=O) groups is 2. The second-order valence-electron chi connectivity index (χ2n) is 6.41. The van der Waals surface area contributed by atoms with E-state index in [1.54, 1.807) is 0 Å². The second-order valence-corrected chi connectivity index (χ2v) is 6.41. The topological polar surface area (TPSA) is 72.8 Å². The van der Waals surface area contributed by atoms with Crippen LogP contribution >= 0.6 is 0 Å². The van der Waals surface area contributed by atoms with Crippen molar-refractivity contribution in [1.29, 1.82) is 0 Å². The number of hydrogen-bond acceptors (Lipinski definition) is 5. The summed E-state index contributed by atoms with van der Waals surface area (Å²) in [6.45, 7) is -0.388. The van der Waals surface area contributed by atoms with Crippen molar-refractivity contribution < 1.29 is 24.2 Å². The van der Waals surface area contributed by atoms with E-state index < -0.39 is 18.5 Å². The lowest BCUT2D eigenvalue weighted by molar-refractivity contribution is 0.0534. The fraction of sp³-hybridized carbons (Fsp3) is 0.130. The van der Waals surface area contributed by atoms with Gasteiger partial charge in [-0.2, -0.15) is 0 Å². The molecule has 0 amide bonds. The molecule has 0 saturated carbocycles. The van der Waals surface area contributed by atoms with Crippen LogP contribution in [0.4, 0.5) is 0 Å². The molecule has 4 rings (SSSR count). The maximum atomic E-state index is 12.8. The number of rotatable bonds is 4. The van der Waals surface area contributed by atoms with Gasteiger partial charge in [-0.05, 0) is 11.1 Å². The monoisotopic (exact) mass is 374 g/mol. The predicted molar refractivity (Wildman–Crippen MR) is 104 cm³/mol. The number of aliphatic hydroxyl groups excluding tert-OH is 1. The van der Waals surface area contributed by atoms with Crippen molar-refractivity contribution in [2.45, 2.75) is 13.2 Å². The average molecular weight is 374 g/mol. The first-order chi connectivity index (χ1) is 13.7. The minimum Gasteiger partial charge on any atom is -0.465 e. The van der Waals surface area contributed by atoms with Crippen LogP contribution in [0.2, 0.25) is 0 Å². The maximum absolute atomic E-state index is 12.8. The number of esters is 2. The molecule has 5 heteroatoms. The molecule has 1 aliphatic heterocycles. The predicted octanol–water partition coefficient (Wildman–Crippen LogP) is 3.97. The fourth-order valence-corrected chi connectivity index (χ4v) is 3.74. The van der Waals surface area contributed by atoms with Crippen LogP contribution in [0.25, 0.3) is 22.3 Å². The summed E-state index contributed by atoms with van der Waals surface area (Å²) in [6.07, 6.45) is 0. The number of cyclic esters (lactones) is 1. The molecule has 0 bridgehead atoms. The Morgan fingerprint density at radius 1 is 0.964 bits per heavy atom. The van der Waals surface area contributed by atoms with Gasteiger partial charge >= 0.3 is 11.9 Å². The number of carbonyl (C=O) groups excluding carboxylic acids is 2. The molecule has 0 radical (unpaired) electrons. The van der Waals surface area contributed by atoms with E-state index in [0.717, 1.165) is 11.1 Å². The first-order valence-electron chi connectivity index (χ1n) is 8.86. The van der Waals surface area contributed by atoms with Crippen molar-refractivity contribution in [2.75, 3.05) is 7.11 Å². The third kappa shape index (κ3) is 2.77. The van der Waals surface area contributed by atoms with Crippen LogP contribution in [-0.4, -0.2) is 24.2 Å². The third-order valence-electron chi connectivity index (χ3n) is 4.94. The molecule has 0 atom stereocenters. The van der Waals surface area contributed by atoms with E-state index >= 15 is 0 Å². The van der Waals surface area contributed by atoms with E-state index in [-0.39, 0.29) is 12.2 Å². The van der Waals surface area contributed by atoms with E-state index in [2.05, 4.69) is 0 Å². The van der Waals surface area contributed by atoms with Crippen LogP contribution in [0.1, 0.15) is 31.8 Å². The Morgan fingerprint density at radius 3 is 2.07 bits per heavy atom. The van der Waals surface area contributed by atoms with Crippen molar-refractivity contribution in [2.24, 2.45) is 0 Å². The van der Waals surface area contributed by atoms with Gasteiger partial charge in [-0.3, -0.25) is 0 Å². The highest BCUT2D eigenvalue weighted by Crippen LogP contribution is 2.44. The molecule has 0 unspecified atom stereocenters. The Hall–Kier alpha value is -3.44. The first-order valence-corrected chi connectivity index (χ1v) is 8.86. The Kier molecular flexibility index (Phi) is 4.67.